The summed E-state index contributed by atoms with van der Waals surface area (Å²) in [6.45, 7) is 5.02. The maximum absolute atomic E-state index is 12.0. The van der Waals surface area contributed by atoms with Crippen LogP contribution in [-0.4, -0.2) is 16.5 Å². The van der Waals surface area contributed by atoms with E-state index in [9.17, 15) is 14.9 Å². The SMILES string of the molecule is C/C(=N/NC(=O)c1cc(C)oc1C)c1ccccc1[N+](=O)[O-]. The van der Waals surface area contributed by atoms with Crippen LogP contribution in [0.2, 0.25) is 0 Å². The van der Waals surface area contributed by atoms with E-state index in [1.807, 2.05) is 0 Å². The summed E-state index contributed by atoms with van der Waals surface area (Å²) in [5.41, 5.74) is 3.41. The number of benzene rings is 1. The number of amides is 1. The first kappa shape index (κ1) is 15.4. The fourth-order valence-electron chi connectivity index (χ4n) is 2.05. The lowest BCUT2D eigenvalue weighted by atomic mass is 10.1. The summed E-state index contributed by atoms with van der Waals surface area (Å²) in [4.78, 5) is 22.5. The third-order valence-electron chi connectivity index (χ3n) is 3.10. The van der Waals surface area contributed by atoms with Crippen LogP contribution in [0.1, 0.15) is 34.4 Å². The molecular formula is C15H15N3O4. The minimum Gasteiger partial charge on any atom is -0.466 e. The predicted molar refractivity (Wildman–Crippen MR) is 81.0 cm³/mol. The Morgan fingerprint density at radius 3 is 2.55 bits per heavy atom. The van der Waals surface area contributed by atoms with E-state index in [-0.39, 0.29) is 5.69 Å². The number of nitrogens with zero attached hydrogens (tertiary/aromatic N) is 2. The predicted octanol–water partition coefficient (Wildman–Crippen LogP) is 2.96. The molecule has 0 fully saturated rings. The van der Waals surface area contributed by atoms with E-state index in [0.29, 0.717) is 28.4 Å². The van der Waals surface area contributed by atoms with E-state index in [2.05, 4.69) is 10.5 Å². The molecule has 7 heteroatoms. The number of nitrogens with one attached hydrogen (secondary N) is 1. The molecule has 1 aromatic carbocycles. The second-order valence-corrected chi connectivity index (χ2v) is 4.74. The molecule has 1 amide bonds. The van der Waals surface area contributed by atoms with Gasteiger partial charge in [-0.05, 0) is 32.9 Å². The number of hydrazone groups is 1. The molecule has 0 radical (unpaired) electrons. The Morgan fingerprint density at radius 1 is 1.27 bits per heavy atom. The Balaban J connectivity index is 2.22. The zero-order valence-corrected chi connectivity index (χ0v) is 12.4. The molecule has 7 nitrogen and oxygen atoms in total. The number of nitro benzene ring substituents is 1. The molecule has 1 heterocycles. The van der Waals surface area contributed by atoms with Gasteiger partial charge in [0.1, 0.15) is 11.5 Å². The minimum absolute atomic E-state index is 0.0617. The third kappa shape index (κ3) is 3.20. The van der Waals surface area contributed by atoms with Crippen LogP contribution in [-0.2, 0) is 0 Å². The van der Waals surface area contributed by atoms with Crippen LogP contribution in [0.25, 0.3) is 0 Å². The second-order valence-electron chi connectivity index (χ2n) is 4.74. The lowest BCUT2D eigenvalue weighted by Crippen LogP contribution is -2.19. The number of aryl methyl sites for hydroxylation is 2. The van der Waals surface area contributed by atoms with Crippen molar-refractivity contribution >= 4 is 17.3 Å². The number of hydrogen-bond donors (Lipinski definition) is 1. The van der Waals surface area contributed by atoms with E-state index in [0.717, 1.165) is 0 Å². The van der Waals surface area contributed by atoms with Gasteiger partial charge in [-0.1, -0.05) is 12.1 Å². The van der Waals surface area contributed by atoms with Gasteiger partial charge in [0, 0.05) is 6.07 Å². The van der Waals surface area contributed by atoms with E-state index >= 15 is 0 Å². The van der Waals surface area contributed by atoms with E-state index < -0.39 is 10.8 Å². The zero-order chi connectivity index (χ0) is 16.3. The van der Waals surface area contributed by atoms with Crippen molar-refractivity contribution in [2.45, 2.75) is 20.8 Å². The Labute approximate surface area is 126 Å². The van der Waals surface area contributed by atoms with Gasteiger partial charge < -0.3 is 4.42 Å². The summed E-state index contributed by atoms with van der Waals surface area (Å²) in [6.07, 6.45) is 0. The van der Waals surface area contributed by atoms with Gasteiger partial charge in [0.05, 0.1) is 21.8 Å². The Morgan fingerprint density at radius 2 is 1.95 bits per heavy atom. The van der Waals surface area contributed by atoms with Crippen molar-refractivity contribution in [3.63, 3.8) is 0 Å². The third-order valence-corrected chi connectivity index (χ3v) is 3.10. The fraction of sp³-hybridized carbons (Fsp3) is 0.200. The van der Waals surface area contributed by atoms with Gasteiger partial charge in [-0.15, -0.1) is 0 Å². The topological polar surface area (TPSA) is 97.7 Å². The summed E-state index contributed by atoms with van der Waals surface area (Å²) >= 11 is 0. The first-order valence-electron chi connectivity index (χ1n) is 6.55. The summed E-state index contributed by atoms with van der Waals surface area (Å²) in [5, 5.41) is 14.9. The van der Waals surface area contributed by atoms with Crippen molar-refractivity contribution in [1.29, 1.82) is 0 Å². The van der Waals surface area contributed by atoms with Gasteiger partial charge >= 0.3 is 0 Å². The van der Waals surface area contributed by atoms with E-state index in [1.54, 1.807) is 45.0 Å². The number of carbonyl (C=O) groups is 1. The molecule has 22 heavy (non-hydrogen) atoms. The number of carbonyl (C=O) groups excluding carboxylic acids is 1. The number of rotatable bonds is 4. The lowest BCUT2D eigenvalue weighted by molar-refractivity contribution is -0.385. The van der Waals surface area contributed by atoms with Crippen molar-refractivity contribution < 1.29 is 14.1 Å². The van der Waals surface area contributed by atoms with Gasteiger partial charge in [-0.3, -0.25) is 14.9 Å². The molecule has 1 aromatic heterocycles. The monoisotopic (exact) mass is 301 g/mol. The van der Waals surface area contributed by atoms with Crippen LogP contribution in [0.5, 0.6) is 0 Å². The Hall–Kier alpha value is -2.96. The molecule has 0 unspecified atom stereocenters. The summed E-state index contributed by atoms with van der Waals surface area (Å²) in [7, 11) is 0. The summed E-state index contributed by atoms with van der Waals surface area (Å²) in [6, 6.07) is 7.83. The average Bonchev–Trinajstić information content (AvgIpc) is 2.83. The van der Waals surface area contributed by atoms with Crippen molar-refractivity contribution in [2.24, 2.45) is 5.10 Å². The molecule has 0 saturated heterocycles. The Kier molecular flexibility index (Phi) is 4.36. The highest BCUT2D eigenvalue weighted by atomic mass is 16.6. The first-order valence-corrected chi connectivity index (χ1v) is 6.55. The molecule has 0 spiro atoms. The van der Waals surface area contributed by atoms with Gasteiger partial charge in [-0.25, -0.2) is 5.43 Å². The van der Waals surface area contributed by atoms with Gasteiger partial charge in [0.2, 0.25) is 0 Å². The van der Waals surface area contributed by atoms with E-state index in [4.69, 9.17) is 4.42 Å². The molecule has 0 bridgehead atoms. The molecule has 114 valence electrons. The van der Waals surface area contributed by atoms with Crippen LogP contribution >= 0.6 is 0 Å². The van der Waals surface area contributed by atoms with Crippen LogP contribution in [0, 0.1) is 24.0 Å². The highest BCUT2D eigenvalue weighted by Crippen LogP contribution is 2.18. The second kappa shape index (κ2) is 6.21. The highest BCUT2D eigenvalue weighted by molar-refractivity contribution is 6.03. The smallest absolute Gasteiger partial charge is 0.278 e. The van der Waals surface area contributed by atoms with Gasteiger partial charge in [0.15, 0.2) is 0 Å². The van der Waals surface area contributed by atoms with Crippen LogP contribution in [0.15, 0.2) is 39.9 Å². The first-order chi connectivity index (χ1) is 10.4. The van der Waals surface area contributed by atoms with E-state index in [1.165, 1.54) is 6.07 Å². The maximum Gasteiger partial charge on any atom is 0.278 e. The van der Waals surface area contributed by atoms with Crippen LogP contribution in [0.3, 0.4) is 0 Å². The molecule has 2 rings (SSSR count). The van der Waals surface area contributed by atoms with Crippen LogP contribution < -0.4 is 5.43 Å². The highest BCUT2D eigenvalue weighted by Gasteiger charge is 2.16. The average molecular weight is 301 g/mol. The number of nitro groups is 1. The number of furan rings is 1. The minimum atomic E-state index is -0.486. The fourth-order valence-corrected chi connectivity index (χ4v) is 2.05. The van der Waals surface area contributed by atoms with Crippen molar-refractivity contribution in [3.05, 3.63) is 63.1 Å². The zero-order valence-electron chi connectivity index (χ0n) is 12.4. The summed E-state index contributed by atoms with van der Waals surface area (Å²) < 4.78 is 5.28. The molecule has 0 aliphatic heterocycles. The number of para-hydroxylation sites is 1. The molecule has 0 atom stereocenters. The molecule has 0 aliphatic rings. The molecule has 0 saturated carbocycles. The maximum atomic E-state index is 12.0. The summed E-state index contributed by atoms with van der Waals surface area (Å²) in [5.74, 6) is 0.697. The van der Waals surface area contributed by atoms with Crippen molar-refractivity contribution in [3.8, 4) is 0 Å². The molecule has 2 aromatic rings. The van der Waals surface area contributed by atoms with Crippen LogP contribution in [0.4, 0.5) is 5.69 Å². The Bertz CT molecular complexity index is 762. The van der Waals surface area contributed by atoms with Crippen molar-refractivity contribution in [1.82, 2.24) is 5.43 Å². The molecular weight excluding hydrogens is 286 g/mol. The van der Waals surface area contributed by atoms with Crippen molar-refractivity contribution in [2.75, 3.05) is 0 Å². The molecule has 0 aliphatic carbocycles. The normalized spacial score (nSPS) is 11.3. The quantitative estimate of drug-likeness (QED) is 0.533. The number of hydrogen-bond acceptors (Lipinski definition) is 5. The van der Waals surface area contributed by atoms with Gasteiger partial charge in [0.25, 0.3) is 11.6 Å². The molecule has 1 N–H and O–H groups in total. The standard InChI is InChI=1S/C15H15N3O4/c1-9-8-13(11(3)22-9)15(19)17-16-10(2)12-6-4-5-7-14(12)18(20)21/h4-8H,1-3H3,(H,17,19)/b16-10-. The lowest BCUT2D eigenvalue weighted by Gasteiger charge is -2.03. The van der Waals surface area contributed by atoms with Gasteiger partial charge in [-0.2, -0.15) is 5.10 Å². The largest absolute Gasteiger partial charge is 0.466 e.